The van der Waals surface area contributed by atoms with Crippen LogP contribution in [0.1, 0.15) is 25.7 Å². The van der Waals surface area contributed by atoms with Gasteiger partial charge in [0.15, 0.2) is 0 Å². The predicted molar refractivity (Wildman–Crippen MR) is 71.4 cm³/mol. The average molecular weight is 242 g/mol. The van der Waals surface area contributed by atoms with E-state index in [-0.39, 0.29) is 0 Å². The molecule has 1 N–H and O–H groups in total. The molecule has 4 rings (SSSR count). The molecule has 2 aromatic heterocycles. The summed E-state index contributed by atoms with van der Waals surface area (Å²) in [7, 11) is 0. The molecule has 0 bridgehead atoms. The number of hydrogen-bond acceptors (Lipinski definition) is 3. The number of fused-ring (bicyclic) bond motifs is 1. The van der Waals surface area contributed by atoms with E-state index in [0.29, 0.717) is 0 Å². The summed E-state index contributed by atoms with van der Waals surface area (Å²) < 4.78 is 5.40. The van der Waals surface area contributed by atoms with E-state index in [0.717, 1.165) is 41.1 Å². The maximum absolute atomic E-state index is 5.40. The van der Waals surface area contributed by atoms with Crippen LogP contribution >= 0.6 is 0 Å². The highest BCUT2D eigenvalue weighted by molar-refractivity contribution is 5.87. The van der Waals surface area contributed by atoms with Crippen molar-refractivity contribution in [3.8, 4) is 0 Å². The predicted octanol–water partition coefficient (Wildman–Crippen LogP) is 3.68. The van der Waals surface area contributed by atoms with Gasteiger partial charge in [0.05, 0.1) is 11.6 Å². The third-order valence-electron chi connectivity index (χ3n) is 4.34. The lowest BCUT2D eigenvalue weighted by Gasteiger charge is -2.16. The normalized spacial score (nSPS) is 19.6. The fraction of sp³-hybridized carbons (Fsp3) is 0.533. The number of aromatic nitrogens is 1. The van der Waals surface area contributed by atoms with Gasteiger partial charge in [-0.15, -0.1) is 0 Å². The molecule has 94 valence electrons. The second-order valence-corrected chi connectivity index (χ2v) is 5.71. The van der Waals surface area contributed by atoms with Gasteiger partial charge in [-0.3, -0.25) is 0 Å². The van der Waals surface area contributed by atoms with E-state index in [1.54, 1.807) is 6.26 Å². The third-order valence-corrected chi connectivity index (χ3v) is 4.34. The first-order valence-corrected chi connectivity index (χ1v) is 6.98. The Bertz CT molecular complexity index is 542. The van der Waals surface area contributed by atoms with Crippen molar-refractivity contribution in [2.45, 2.75) is 25.7 Å². The molecule has 0 aromatic carbocycles. The van der Waals surface area contributed by atoms with Crippen molar-refractivity contribution < 1.29 is 4.42 Å². The van der Waals surface area contributed by atoms with E-state index in [4.69, 9.17) is 4.42 Å². The van der Waals surface area contributed by atoms with E-state index in [1.165, 1.54) is 25.7 Å². The Hall–Kier alpha value is -1.51. The Morgan fingerprint density at radius 3 is 2.72 bits per heavy atom. The molecule has 0 saturated heterocycles. The molecule has 2 aliphatic carbocycles. The highest BCUT2D eigenvalue weighted by atomic mass is 16.3. The molecule has 3 nitrogen and oxygen atoms in total. The SMILES string of the molecule is c1cc2occc2c(NCC(C2CC2)C2CC2)n1. The zero-order valence-corrected chi connectivity index (χ0v) is 10.4. The fourth-order valence-electron chi connectivity index (χ4n) is 3.02. The Balaban J connectivity index is 1.51. The standard InChI is InChI=1S/C15H18N2O/c1-2-10(1)13(11-3-4-11)9-17-15-12-6-8-18-14(12)5-7-16-15/h5-8,10-11,13H,1-4,9H2,(H,16,17). The largest absolute Gasteiger partial charge is 0.464 e. The summed E-state index contributed by atoms with van der Waals surface area (Å²) in [5.41, 5.74) is 0.918. The smallest absolute Gasteiger partial charge is 0.139 e. The summed E-state index contributed by atoms with van der Waals surface area (Å²) in [4.78, 5) is 4.44. The van der Waals surface area contributed by atoms with Gasteiger partial charge in [-0.1, -0.05) is 0 Å². The van der Waals surface area contributed by atoms with Crippen LogP contribution in [0, 0.1) is 17.8 Å². The highest BCUT2D eigenvalue weighted by Gasteiger charge is 2.41. The lowest BCUT2D eigenvalue weighted by Crippen LogP contribution is -2.18. The van der Waals surface area contributed by atoms with Crippen molar-refractivity contribution in [3.05, 3.63) is 24.6 Å². The van der Waals surface area contributed by atoms with Crippen molar-refractivity contribution in [2.24, 2.45) is 17.8 Å². The van der Waals surface area contributed by atoms with E-state index in [9.17, 15) is 0 Å². The van der Waals surface area contributed by atoms with Gasteiger partial charge < -0.3 is 9.73 Å². The summed E-state index contributed by atoms with van der Waals surface area (Å²) in [6.45, 7) is 1.08. The van der Waals surface area contributed by atoms with Gasteiger partial charge in [-0.2, -0.15) is 0 Å². The summed E-state index contributed by atoms with van der Waals surface area (Å²) in [5.74, 6) is 3.81. The van der Waals surface area contributed by atoms with Gasteiger partial charge in [-0.25, -0.2) is 4.98 Å². The van der Waals surface area contributed by atoms with Gasteiger partial charge in [0.2, 0.25) is 0 Å². The average Bonchev–Trinajstić information content (AvgIpc) is 3.30. The maximum Gasteiger partial charge on any atom is 0.139 e. The second-order valence-electron chi connectivity index (χ2n) is 5.71. The van der Waals surface area contributed by atoms with Crippen LogP contribution in [0.5, 0.6) is 0 Å². The minimum atomic E-state index is 0.869. The lowest BCUT2D eigenvalue weighted by atomic mass is 9.98. The molecule has 2 saturated carbocycles. The van der Waals surface area contributed by atoms with Crippen LogP contribution in [0.2, 0.25) is 0 Å². The van der Waals surface area contributed by atoms with Gasteiger partial charge in [-0.05, 0) is 55.6 Å². The number of nitrogens with zero attached hydrogens (tertiary/aromatic N) is 1. The molecule has 2 aromatic rings. The summed E-state index contributed by atoms with van der Waals surface area (Å²) in [6, 6.07) is 3.91. The molecule has 0 atom stereocenters. The Kier molecular flexibility index (Phi) is 2.32. The molecule has 0 spiro atoms. The molecule has 0 unspecified atom stereocenters. The zero-order valence-electron chi connectivity index (χ0n) is 10.4. The van der Waals surface area contributed by atoms with Crippen molar-refractivity contribution in [1.29, 1.82) is 0 Å². The molecule has 18 heavy (non-hydrogen) atoms. The Morgan fingerprint density at radius 2 is 2.00 bits per heavy atom. The molecule has 2 fully saturated rings. The van der Waals surface area contributed by atoms with E-state index in [2.05, 4.69) is 10.3 Å². The molecular weight excluding hydrogens is 224 g/mol. The van der Waals surface area contributed by atoms with Crippen LogP contribution in [0.4, 0.5) is 5.82 Å². The first-order valence-electron chi connectivity index (χ1n) is 6.98. The van der Waals surface area contributed by atoms with E-state index < -0.39 is 0 Å². The van der Waals surface area contributed by atoms with Gasteiger partial charge >= 0.3 is 0 Å². The first kappa shape index (κ1) is 10.4. The van der Waals surface area contributed by atoms with Crippen LogP contribution in [0.3, 0.4) is 0 Å². The maximum atomic E-state index is 5.40. The van der Waals surface area contributed by atoms with Crippen molar-refractivity contribution in [3.63, 3.8) is 0 Å². The van der Waals surface area contributed by atoms with Gasteiger partial charge in [0.25, 0.3) is 0 Å². The monoisotopic (exact) mass is 242 g/mol. The van der Waals surface area contributed by atoms with Crippen LogP contribution in [-0.4, -0.2) is 11.5 Å². The fourth-order valence-corrected chi connectivity index (χ4v) is 3.02. The van der Waals surface area contributed by atoms with Crippen molar-refractivity contribution >= 4 is 16.8 Å². The topological polar surface area (TPSA) is 38.1 Å². The summed E-state index contributed by atoms with van der Waals surface area (Å²) in [5, 5.41) is 4.65. The minimum absolute atomic E-state index is 0.869. The zero-order chi connectivity index (χ0) is 11.9. The number of nitrogens with one attached hydrogen (secondary N) is 1. The minimum Gasteiger partial charge on any atom is -0.464 e. The Labute approximate surface area is 107 Å². The molecule has 0 radical (unpaired) electrons. The van der Waals surface area contributed by atoms with E-state index >= 15 is 0 Å². The van der Waals surface area contributed by atoms with Crippen molar-refractivity contribution in [1.82, 2.24) is 4.98 Å². The number of furan rings is 1. The molecular formula is C15H18N2O. The van der Waals surface area contributed by atoms with Gasteiger partial charge in [0, 0.05) is 12.7 Å². The first-order chi connectivity index (χ1) is 8.92. The molecule has 2 heterocycles. The third kappa shape index (κ3) is 1.88. The van der Waals surface area contributed by atoms with Crippen molar-refractivity contribution in [2.75, 3.05) is 11.9 Å². The quantitative estimate of drug-likeness (QED) is 0.869. The molecule has 3 heteroatoms. The molecule has 0 aliphatic heterocycles. The van der Waals surface area contributed by atoms with Crippen LogP contribution in [0.25, 0.3) is 11.0 Å². The highest BCUT2D eigenvalue weighted by Crippen LogP contribution is 2.49. The van der Waals surface area contributed by atoms with Crippen LogP contribution in [-0.2, 0) is 0 Å². The van der Waals surface area contributed by atoms with E-state index in [1.807, 2.05) is 18.3 Å². The molecule has 0 amide bonds. The summed E-state index contributed by atoms with van der Waals surface area (Å²) in [6.07, 6.45) is 9.30. The van der Waals surface area contributed by atoms with Crippen LogP contribution in [0.15, 0.2) is 29.0 Å². The summed E-state index contributed by atoms with van der Waals surface area (Å²) >= 11 is 0. The second kappa shape index (κ2) is 4.01. The van der Waals surface area contributed by atoms with Crippen LogP contribution < -0.4 is 5.32 Å². The number of hydrogen-bond donors (Lipinski definition) is 1. The van der Waals surface area contributed by atoms with Gasteiger partial charge in [0.1, 0.15) is 11.4 Å². The number of pyridine rings is 1. The Morgan fingerprint density at radius 1 is 1.22 bits per heavy atom. The number of rotatable bonds is 5. The molecule has 2 aliphatic rings. The number of anilines is 1. The lowest BCUT2D eigenvalue weighted by molar-refractivity contribution is 0.428.